The molecule has 88 valence electrons. The van der Waals surface area contributed by atoms with Crippen molar-refractivity contribution in [3.05, 3.63) is 30.1 Å². The van der Waals surface area contributed by atoms with Crippen LogP contribution in [0.2, 0.25) is 0 Å². The lowest BCUT2D eigenvalue weighted by Crippen LogP contribution is -2.12. The highest BCUT2D eigenvalue weighted by atomic mass is 31.1. The van der Waals surface area contributed by atoms with Gasteiger partial charge in [-0.15, -0.1) is 0 Å². The maximum atomic E-state index is 13.4. The van der Waals surface area contributed by atoms with E-state index in [-0.39, 0.29) is 5.82 Å². The first kappa shape index (κ1) is 11.9. The first-order valence-corrected chi connectivity index (χ1v) is 7.66. The summed E-state index contributed by atoms with van der Waals surface area (Å²) in [6, 6.07) is 6.48. The minimum Gasteiger partial charge on any atom is -0.322 e. The monoisotopic (exact) mass is 240 g/mol. The quantitative estimate of drug-likeness (QED) is 0.738. The summed E-state index contributed by atoms with van der Waals surface area (Å²) in [7, 11) is -1.92. The van der Waals surface area contributed by atoms with Crippen LogP contribution in [0.25, 0.3) is 0 Å². The average Bonchev–Trinajstić information content (AvgIpc) is 2.31. The third-order valence-electron chi connectivity index (χ3n) is 3.37. The zero-order chi connectivity index (χ0) is 11.4. The fraction of sp³-hybridized carbons (Fsp3) is 0.538. The molecule has 16 heavy (non-hydrogen) atoms. The summed E-state index contributed by atoms with van der Waals surface area (Å²) >= 11 is 0. The smallest absolute Gasteiger partial charge is 0.133 e. The molecule has 1 aromatic rings. The van der Waals surface area contributed by atoms with Crippen molar-refractivity contribution in [1.29, 1.82) is 0 Å². The summed E-state index contributed by atoms with van der Waals surface area (Å²) < 4.78 is 25.5. The van der Waals surface area contributed by atoms with Gasteiger partial charge in [-0.2, -0.15) is 0 Å². The normalized spacial score (nSPS) is 19.6. The third-order valence-corrected chi connectivity index (χ3v) is 5.33. The molecule has 0 bridgehead atoms. The molecule has 0 aromatic heterocycles. The van der Waals surface area contributed by atoms with Crippen molar-refractivity contribution in [3.8, 4) is 0 Å². The number of hydrogen-bond acceptors (Lipinski definition) is 1. The highest BCUT2D eigenvalue weighted by Crippen LogP contribution is 2.32. The summed E-state index contributed by atoms with van der Waals surface area (Å²) in [4.78, 5) is 0. The van der Waals surface area contributed by atoms with Gasteiger partial charge < -0.3 is 4.57 Å². The number of hydrogen-bond donors (Lipinski definition) is 0. The van der Waals surface area contributed by atoms with Crippen molar-refractivity contribution >= 4 is 13.1 Å². The first-order chi connectivity index (χ1) is 7.77. The van der Waals surface area contributed by atoms with E-state index in [1.807, 2.05) is 0 Å². The Hall–Kier alpha value is -0.620. The Morgan fingerprint density at radius 1 is 1.19 bits per heavy atom. The summed E-state index contributed by atoms with van der Waals surface area (Å²) in [5.74, 6) is 0.252. The summed E-state index contributed by atoms with van der Waals surface area (Å²) in [6.45, 7) is 0. The maximum Gasteiger partial charge on any atom is 0.133 e. The minimum absolute atomic E-state index is 0.304. The van der Waals surface area contributed by atoms with Gasteiger partial charge in [0.1, 0.15) is 13.6 Å². The summed E-state index contributed by atoms with van der Waals surface area (Å²) in [5, 5.41) is 0.443. The highest BCUT2D eigenvalue weighted by molar-refractivity contribution is 7.53. The standard InChI is InChI=1S/C13H18FOP/c14-12-8-4-5-9-13(12)16(15)10-11-6-2-1-3-7-11/h4-5,8-9,11,16H,1-3,6-7,10H2. The zero-order valence-electron chi connectivity index (χ0n) is 9.42. The van der Waals surface area contributed by atoms with Crippen LogP contribution in [0.3, 0.4) is 0 Å². The van der Waals surface area contributed by atoms with Crippen molar-refractivity contribution in [2.24, 2.45) is 5.92 Å². The SMILES string of the molecule is O=[PH](CC1CCCCC1)c1ccccc1F. The average molecular weight is 240 g/mol. The van der Waals surface area contributed by atoms with Gasteiger partial charge in [0.25, 0.3) is 0 Å². The van der Waals surface area contributed by atoms with Crippen LogP contribution < -0.4 is 5.30 Å². The van der Waals surface area contributed by atoms with Gasteiger partial charge >= 0.3 is 0 Å². The predicted octanol–water partition coefficient (Wildman–Crippen LogP) is 3.59. The van der Waals surface area contributed by atoms with Crippen LogP contribution >= 0.6 is 7.80 Å². The van der Waals surface area contributed by atoms with Crippen molar-refractivity contribution < 1.29 is 8.96 Å². The van der Waals surface area contributed by atoms with Gasteiger partial charge in [0, 0.05) is 11.5 Å². The van der Waals surface area contributed by atoms with Gasteiger partial charge in [-0.05, 0) is 18.1 Å². The van der Waals surface area contributed by atoms with E-state index in [9.17, 15) is 8.96 Å². The van der Waals surface area contributed by atoms with Gasteiger partial charge in [0.2, 0.25) is 0 Å². The number of halogens is 1. The molecule has 0 spiro atoms. The second-order valence-electron chi connectivity index (χ2n) is 4.61. The molecule has 0 heterocycles. The fourth-order valence-electron chi connectivity index (χ4n) is 2.45. The van der Waals surface area contributed by atoms with Gasteiger partial charge in [-0.25, -0.2) is 4.39 Å². The van der Waals surface area contributed by atoms with E-state index in [1.54, 1.807) is 18.2 Å². The van der Waals surface area contributed by atoms with Crippen molar-refractivity contribution in [2.75, 3.05) is 6.16 Å². The maximum absolute atomic E-state index is 13.4. The Bertz CT molecular complexity index is 372. The number of benzene rings is 1. The van der Waals surface area contributed by atoms with Gasteiger partial charge in [-0.3, -0.25) is 0 Å². The van der Waals surface area contributed by atoms with Crippen LogP contribution in [0.15, 0.2) is 24.3 Å². The highest BCUT2D eigenvalue weighted by Gasteiger charge is 2.18. The molecular formula is C13H18FOP. The molecule has 1 saturated carbocycles. The Kier molecular flexibility index (Phi) is 4.17. The molecule has 0 radical (unpaired) electrons. The Morgan fingerprint density at radius 3 is 2.56 bits per heavy atom. The third kappa shape index (κ3) is 2.95. The van der Waals surface area contributed by atoms with E-state index in [1.165, 1.54) is 38.2 Å². The molecule has 1 fully saturated rings. The summed E-state index contributed by atoms with van der Waals surface area (Å²) in [6.07, 6.45) is 6.84. The Morgan fingerprint density at radius 2 is 1.88 bits per heavy atom. The van der Waals surface area contributed by atoms with Crippen LogP contribution in [0.4, 0.5) is 4.39 Å². The lowest BCUT2D eigenvalue weighted by Gasteiger charge is -2.21. The molecule has 1 aliphatic carbocycles. The van der Waals surface area contributed by atoms with E-state index in [4.69, 9.17) is 0 Å². The van der Waals surface area contributed by atoms with E-state index in [2.05, 4.69) is 0 Å². The Balaban J connectivity index is 2.00. The fourth-order valence-corrected chi connectivity index (χ4v) is 4.24. The molecular weight excluding hydrogens is 222 g/mol. The molecule has 1 atom stereocenters. The van der Waals surface area contributed by atoms with Crippen LogP contribution in [0.1, 0.15) is 32.1 Å². The topological polar surface area (TPSA) is 17.1 Å². The molecule has 1 nitrogen and oxygen atoms in total. The van der Waals surface area contributed by atoms with Crippen molar-refractivity contribution in [1.82, 2.24) is 0 Å². The lowest BCUT2D eigenvalue weighted by molar-refractivity contribution is 0.387. The molecule has 1 aliphatic rings. The molecule has 1 aromatic carbocycles. The van der Waals surface area contributed by atoms with Crippen LogP contribution in [-0.2, 0) is 4.57 Å². The first-order valence-electron chi connectivity index (χ1n) is 6.05. The van der Waals surface area contributed by atoms with Crippen LogP contribution in [0, 0.1) is 11.7 Å². The second kappa shape index (κ2) is 5.63. The Labute approximate surface area is 96.9 Å². The molecule has 1 unspecified atom stereocenters. The zero-order valence-corrected chi connectivity index (χ0v) is 10.4. The van der Waals surface area contributed by atoms with Gasteiger partial charge in [-0.1, -0.05) is 44.2 Å². The number of rotatable bonds is 3. The van der Waals surface area contributed by atoms with Crippen molar-refractivity contribution in [3.63, 3.8) is 0 Å². The van der Waals surface area contributed by atoms with Crippen LogP contribution in [0.5, 0.6) is 0 Å². The van der Waals surface area contributed by atoms with Gasteiger partial charge in [0.15, 0.2) is 0 Å². The molecule has 0 saturated heterocycles. The van der Waals surface area contributed by atoms with E-state index in [0.29, 0.717) is 17.4 Å². The molecule has 3 heteroatoms. The molecule has 2 rings (SSSR count). The molecule has 0 N–H and O–H groups in total. The second-order valence-corrected chi connectivity index (χ2v) is 6.40. The predicted molar refractivity (Wildman–Crippen MR) is 66.5 cm³/mol. The van der Waals surface area contributed by atoms with Gasteiger partial charge in [0.05, 0.1) is 0 Å². The summed E-state index contributed by atoms with van der Waals surface area (Å²) in [5.41, 5.74) is 0. The molecule has 0 aliphatic heterocycles. The van der Waals surface area contributed by atoms with Crippen LogP contribution in [-0.4, -0.2) is 6.16 Å². The largest absolute Gasteiger partial charge is 0.322 e. The molecule has 0 amide bonds. The lowest BCUT2D eigenvalue weighted by atomic mass is 9.91. The minimum atomic E-state index is -1.92. The van der Waals surface area contributed by atoms with E-state index < -0.39 is 7.80 Å². The van der Waals surface area contributed by atoms with Crippen molar-refractivity contribution in [2.45, 2.75) is 32.1 Å². The van der Waals surface area contributed by atoms with E-state index >= 15 is 0 Å². The van der Waals surface area contributed by atoms with E-state index in [0.717, 1.165) is 0 Å².